The fourth-order valence-corrected chi connectivity index (χ4v) is 6.16. The molecule has 14 heteroatoms. The van der Waals surface area contributed by atoms with Crippen molar-refractivity contribution in [1.82, 2.24) is 9.97 Å². The van der Waals surface area contributed by atoms with Crippen molar-refractivity contribution in [3.05, 3.63) is 271 Å². The monoisotopic (exact) mass is 1310 g/mol. The molecule has 0 radical (unpaired) electrons. The number of aromatic nitrogens is 4. The maximum Gasteiger partial charge on any atom is 0.335 e. The van der Waals surface area contributed by atoms with E-state index < -0.39 is 5.97 Å². The first kappa shape index (κ1) is 68.0. The molecule has 4 heterocycles. The summed E-state index contributed by atoms with van der Waals surface area (Å²) >= 11 is 0. The van der Waals surface area contributed by atoms with E-state index in [-0.39, 0.29) is 108 Å². The molecule has 0 bridgehead atoms. The molecule has 5 N–H and O–H groups in total. The zero-order valence-electron chi connectivity index (χ0n) is 40.8. The van der Waals surface area contributed by atoms with E-state index in [0.29, 0.717) is 25.8 Å². The van der Waals surface area contributed by atoms with Crippen molar-refractivity contribution in [2.75, 3.05) is 0 Å². The molecule has 0 saturated heterocycles. The van der Waals surface area contributed by atoms with E-state index in [0.717, 1.165) is 36.0 Å². The van der Waals surface area contributed by atoms with E-state index in [4.69, 9.17) is 10.8 Å². The maximum absolute atomic E-state index is 11.9. The largest absolute Gasteiger partial charge is 1.00 e. The van der Waals surface area contributed by atoms with Crippen molar-refractivity contribution < 1.29 is 86.8 Å². The molecule has 4 aromatic carbocycles. The molecule has 0 aliphatic heterocycles. The number of nitrogens with two attached hydrogens (primary N) is 1. The van der Waals surface area contributed by atoms with Crippen molar-refractivity contribution in [2.45, 2.75) is 45.1 Å². The summed E-state index contributed by atoms with van der Waals surface area (Å²) in [6.45, 7) is 0.640. The SMILES string of the molecule is C[n+]1ccc(C(=O)CCc2ccccc2)cc1.C[n+]1ccc(C(=O)CCc2ccccc2)cc1.I.NCc1ccccc1.O.O=C(CCc1ccccc1)c1ccncc1.O=C(O)c1ccncc1.[CH3+].[I-].[I-]. The summed E-state index contributed by atoms with van der Waals surface area (Å²) < 4.78 is 3.85. The van der Waals surface area contributed by atoms with Gasteiger partial charge in [0.25, 0.3) is 0 Å². The van der Waals surface area contributed by atoms with Crippen LogP contribution in [0.25, 0.3) is 0 Å². The summed E-state index contributed by atoms with van der Waals surface area (Å²) in [5, 5.41) is 8.36. The van der Waals surface area contributed by atoms with Crippen LogP contribution in [0.2, 0.25) is 0 Å². The number of benzene rings is 4. The number of hydrogen-bond donors (Lipinski definition) is 2. The lowest BCUT2D eigenvalue weighted by molar-refractivity contribution is -0.671. The Labute approximate surface area is 476 Å². The van der Waals surface area contributed by atoms with Crippen LogP contribution < -0.4 is 62.8 Å². The lowest BCUT2D eigenvalue weighted by Gasteiger charge is -2.01. The molecule has 0 atom stereocenters. The van der Waals surface area contributed by atoms with Gasteiger partial charge in [0.1, 0.15) is 14.1 Å². The van der Waals surface area contributed by atoms with Crippen LogP contribution >= 0.6 is 24.0 Å². The van der Waals surface area contributed by atoms with E-state index in [1.54, 1.807) is 24.5 Å². The number of carbonyl (C=O) groups excluding carboxylic acids is 3. The van der Waals surface area contributed by atoms with Gasteiger partial charge in [-0.15, -0.1) is 24.0 Å². The molecule has 0 saturated carbocycles. The third-order valence-electron chi connectivity index (χ3n) is 10.1. The summed E-state index contributed by atoms with van der Waals surface area (Å²) in [5.74, 6) is -0.340. The highest BCUT2D eigenvalue weighted by atomic mass is 127. The van der Waals surface area contributed by atoms with Gasteiger partial charge in [0.15, 0.2) is 42.1 Å². The second-order valence-electron chi connectivity index (χ2n) is 15.2. The molecule has 0 unspecified atom stereocenters. The number of rotatable bonds is 14. The molecule has 8 aromatic rings. The smallest absolute Gasteiger partial charge is 0.335 e. The minimum Gasteiger partial charge on any atom is -1.00 e. The Kier molecular flexibility index (Phi) is 38.3. The molecular weight excluding hydrogens is 1240 g/mol. The second kappa shape index (κ2) is 40.5. The molecule has 0 amide bonds. The number of carboxylic acid groups (broad SMARTS) is 1. The fraction of sp³-hybridized carbons (Fsp3) is 0.155. The fourth-order valence-electron chi connectivity index (χ4n) is 6.16. The number of pyridine rings is 4. The van der Waals surface area contributed by atoms with Gasteiger partial charge in [-0.3, -0.25) is 24.4 Å². The molecule has 72 heavy (non-hydrogen) atoms. The minimum atomic E-state index is -0.919. The Bertz CT molecular complexity index is 2540. The van der Waals surface area contributed by atoms with Crippen LogP contribution in [0.3, 0.4) is 0 Å². The standard InChI is InChI=1S/2C15H16NO.C14H13NO.C7H9N.C6H5NO2.CH3.3HI.H2O/c2*1-16-11-9-14(10-12-16)15(17)8-7-13-5-3-2-4-6-13;16-14(13-8-10-15-11-9-13)7-6-12-4-2-1-3-5-12;8-6-7-4-2-1-3-5-7;8-6(9)5-1-3-7-4-2-5;;;;;/h2*2-6,9-12H,7-8H2,1H3;1-5,8-11H,6-7H2;1-5H,6,8H2;1-4H,(H,8,9);1H3;3*1H;1H2/q2*+1;;;;+1;;;;/p-2. The van der Waals surface area contributed by atoms with Crippen molar-refractivity contribution in [3.8, 4) is 0 Å². The molecule has 0 spiro atoms. The lowest BCUT2D eigenvalue weighted by atomic mass is 10.0. The highest BCUT2D eigenvalue weighted by Crippen LogP contribution is 2.10. The molecule has 0 aliphatic carbocycles. The van der Waals surface area contributed by atoms with Gasteiger partial charge in [-0.2, -0.15) is 0 Å². The third-order valence-corrected chi connectivity index (χ3v) is 10.1. The van der Waals surface area contributed by atoms with Crippen LogP contribution in [0.5, 0.6) is 0 Å². The van der Waals surface area contributed by atoms with E-state index in [9.17, 15) is 19.2 Å². The number of aryl methyl sites for hydroxylation is 5. The van der Waals surface area contributed by atoms with Gasteiger partial charge in [0, 0.05) is 99.0 Å². The predicted octanol–water partition coefficient (Wildman–Crippen LogP) is 3.73. The number of halogens is 3. The molecule has 11 nitrogen and oxygen atoms in total. The molecule has 8 rings (SSSR count). The highest BCUT2D eigenvalue weighted by molar-refractivity contribution is 14.0. The van der Waals surface area contributed by atoms with Gasteiger partial charge in [0.2, 0.25) is 0 Å². The summed E-state index contributed by atoms with van der Waals surface area (Å²) in [5.41, 5.74) is 12.7. The molecule has 0 fully saturated rings. The van der Waals surface area contributed by atoms with Crippen molar-refractivity contribution >= 4 is 47.3 Å². The van der Waals surface area contributed by atoms with Crippen LogP contribution in [0.1, 0.15) is 82.9 Å². The van der Waals surface area contributed by atoms with Crippen LogP contribution in [-0.4, -0.2) is 43.9 Å². The number of aromatic carboxylic acids is 1. The number of carbonyl (C=O) groups is 4. The Morgan fingerprint density at radius 3 is 0.917 bits per heavy atom. The second-order valence-corrected chi connectivity index (χ2v) is 15.2. The topological polar surface area (TPSA) is 180 Å². The summed E-state index contributed by atoms with van der Waals surface area (Å²) in [6.07, 6.45) is 17.9. The molecular formula is C58H65I3N5O6+. The van der Waals surface area contributed by atoms with Gasteiger partial charge >= 0.3 is 5.97 Å². The van der Waals surface area contributed by atoms with Gasteiger partial charge in [-0.25, -0.2) is 13.9 Å². The molecule has 4 aromatic heterocycles. The van der Waals surface area contributed by atoms with E-state index >= 15 is 0 Å². The number of ketones is 3. The normalized spacial score (nSPS) is 9.15. The van der Waals surface area contributed by atoms with Crippen LogP contribution in [0, 0.1) is 7.43 Å². The number of nitrogens with zero attached hydrogens (tertiary/aromatic N) is 4. The van der Waals surface area contributed by atoms with Crippen LogP contribution in [-0.2, 0) is 39.9 Å². The van der Waals surface area contributed by atoms with Gasteiger partial charge in [-0.1, -0.05) is 121 Å². The Morgan fingerprint density at radius 2 is 0.681 bits per heavy atom. The Hall–Kier alpha value is -6.06. The minimum absolute atomic E-state index is 0. The summed E-state index contributed by atoms with van der Waals surface area (Å²) in [6, 6.07) is 54.1. The summed E-state index contributed by atoms with van der Waals surface area (Å²) in [4.78, 5) is 53.4. The average molecular weight is 1310 g/mol. The number of Topliss-reactive ketones (excluding diaryl/α,β-unsaturated/α-hetero) is 3. The van der Waals surface area contributed by atoms with Crippen molar-refractivity contribution in [2.24, 2.45) is 19.8 Å². The first-order valence-electron chi connectivity index (χ1n) is 22.0. The van der Waals surface area contributed by atoms with E-state index in [1.165, 1.54) is 46.8 Å². The van der Waals surface area contributed by atoms with Crippen molar-refractivity contribution in [3.63, 3.8) is 0 Å². The van der Waals surface area contributed by atoms with Gasteiger partial charge in [-0.05, 0) is 65.8 Å². The quantitative estimate of drug-likeness (QED) is 0.0716. The van der Waals surface area contributed by atoms with Crippen LogP contribution in [0.4, 0.5) is 0 Å². The van der Waals surface area contributed by atoms with Crippen molar-refractivity contribution in [1.29, 1.82) is 0 Å². The molecule has 0 aliphatic rings. The van der Waals surface area contributed by atoms with Crippen LogP contribution in [0.15, 0.2) is 219 Å². The number of hydrogen-bond acceptors (Lipinski definition) is 7. The zero-order chi connectivity index (χ0) is 47.9. The first-order valence-corrected chi connectivity index (χ1v) is 22.0. The maximum atomic E-state index is 11.9. The Balaban J connectivity index is 0. The lowest BCUT2D eigenvalue weighted by Crippen LogP contribution is -3.00. The van der Waals surface area contributed by atoms with E-state index in [2.05, 4.69) is 34.2 Å². The van der Waals surface area contributed by atoms with Gasteiger partial charge < -0.3 is 64.3 Å². The van der Waals surface area contributed by atoms with E-state index in [1.807, 2.05) is 169 Å². The average Bonchev–Trinajstić information content (AvgIpc) is 3.39. The molecule has 378 valence electrons. The highest BCUT2D eigenvalue weighted by Gasteiger charge is 2.09. The predicted molar refractivity (Wildman–Crippen MR) is 288 cm³/mol. The summed E-state index contributed by atoms with van der Waals surface area (Å²) in [7, 11) is 3.89. The van der Waals surface area contributed by atoms with Gasteiger partial charge in [0.05, 0.1) is 5.56 Å². The first-order chi connectivity index (χ1) is 32.6. The Morgan fingerprint density at radius 1 is 0.431 bits per heavy atom. The number of carboxylic acids is 1. The zero-order valence-corrected chi connectivity index (χ0v) is 47.5. The third kappa shape index (κ3) is 28.1.